The van der Waals surface area contributed by atoms with E-state index in [4.69, 9.17) is 9.26 Å². The van der Waals surface area contributed by atoms with Crippen LogP contribution in [0.2, 0.25) is 0 Å². The summed E-state index contributed by atoms with van der Waals surface area (Å²) in [5, 5.41) is 4.07. The third-order valence-electron chi connectivity index (χ3n) is 3.94. The minimum atomic E-state index is 0.224. The summed E-state index contributed by atoms with van der Waals surface area (Å²) in [7, 11) is 1.58. The van der Waals surface area contributed by atoms with Gasteiger partial charge >= 0.3 is 0 Å². The predicted octanol–water partition coefficient (Wildman–Crippen LogP) is 2.07. The number of imidazole rings is 1. The Morgan fingerprint density at radius 2 is 2.27 bits per heavy atom. The Balaban J connectivity index is 1.56. The summed E-state index contributed by atoms with van der Waals surface area (Å²) in [6.07, 6.45) is 7.33. The van der Waals surface area contributed by atoms with Crippen molar-refractivity contribution in [1.29, 1.82) is 0 Å². The van der Waals surface area contributed by atoms with Crippen molar-refractivity contribution in [3.05, 3.63) is 42.4 Å². The van der Waals surface area contributed by atoms with Crippen molar-refractivity contribution in [3.63, 3.8) is 0 Å². The van der Waals surface area contributed by atoms with Crippen molar-refractivity contribution in [2.24, 2.45) is 0 Å². The maximum Gasteiger partial charge on any atom is 0.230 e. The van der Waals surface area contributed by atoms with Gasteiger partial charge in [0.15, 0.2) is 0 Å². The smallest absolute Gasteiger partial charge is 0.230 e. The van der Waals surface area contributed by atoms with E-state index in [1.807, 2.05) is 18.5 Å². The van der Waals surface area contributed by atoms with E-state index in [9.17, 15) is 0 Å². The lowest BCUT2D eigenvalue weighted by atomic mass is 9.98. The van der Waals surface area contributed by atoms with Crippen LogP contribution in [0.3, 0.4) is 0 Å². The van der Waals surface area contributed by atoms with Gasteiger partial charge in [0.2, 0.25) is 17.6 Å². The maximum atomic E-state index is 5.45. The number of aromatic nitrogens is 5. The van der Waals surface area contributed by atoms with Crippen LogP contribution in [-0.4, -0.2) is 31.8 Å². The number of aryl methyl sites for hydroxylation is 1. The van der Waals surface area contributed by atoms with Crippen LogP contribution >= 0.6 is 0 Å². The number of methoxy groups -OCH3 is 1. The van der Waals surface area contributed by atoms with Crippen LogP contribution in [0.15, 0.2) is 35.2 Å². The molecule has 4 rings (SSSR count). The third-order valence-corrected chi connectivity index (χ3v) is 3.94. The minimum absolute atomic E-state index is 0.224. The number of rotatable bonds is 3. The maximum absolute atomic E-state index is 5.45. The summed E-state index contributed by atoms with van der Waals surface area (Å²) in [5.41, 5.74) is 0.813. The fourth-order valence-electron chi connectivity index (χ4n) is 2.71. The molecule has 1 aliphatic rings. The van der Waals surface area contributed by atoms with Crippen molar-refractivity contribution >= 4 is 0 Å². The van der Waals surface area contributed by atoms with Gasteiger partial charge in [-0.05, 0) is 12.5 Å². The first kappa shape index (κ1) is 13.0. The van der Waals surface area contributed by atoms with Crippen LogP contribution in [-0.2, 0) is 13.0 Å². The molecular weight excluding hydrogens is 282 g/mol. The quantitative estimate of drug-likeness (QED) is 0.736. The summed E-state index contributed by atoms with van der Waals surface area (Å²) >= 11 is 0. The predicted molar refractivity (Wildman–Crippen MR) is 77.4 cm³/mol. The van der Waals surface area contributed by atoms with Crippen LogP contribution in [0.25, 0.3) is 11.4 Å². The number of pyridine rings is 1. The molecule has 3 aromatic rings. The Bertz CT molecular complexity index is 777. The van der Waals surface area contributed by atoms with E-state index in [0.717, 1.165) is 30.8 Å². The molecule has 0 amide bonds. The minimum Gasteiger partial charge on any atom is -0.481 e. The molecule has 0 N–H and O–H groups in total. The molecule has 112 valence electrons. The first-order valence-electron chi connectivity index (χ1n) is 7.17. The Morgan fingerprint density at radius 1 is 1.32 bits per heavy atom. The van der Waals surface area contributed by atoms with Gasteiger partial charge in [-0.25, -0.2) is 9.97 Å². The summed E-state index contributed by atoms with van der Waals surface area (Å²) in [6.45, 7) is 0.932. The van der Waals surface area contributed by atoms with Crippen LogP contribution in [0.5, 0.6) is 5.88 Å². The molecule has 0 saturated carbocycles. The van der Waals surface area contributed by atoms with Gasteiger partial charge in [0.1, 0.15) is 5.82 Å². The Kier molecular flexibility index (Phi) is 3.10. The van der Waals surface area contributed by atoms with Crippen molar-refractivity contribution < 1.29 is 9.26 Å². The highest BCUT2D eigenvalue weighted by molar-refractivity contribution is 5.53. The average Bonchev–Trinajstić information content (AvgIpc) is 3.23. The monoisotopic (exact) mass is 297 g/mol. The lowest BCUT2D eigenvalue weighted by Crippen LogP contribution is -2.18. The first-order chi connectivity index (χ1) is 10.8. The second-order valence-corrected chi connectivity index (χ2v) is 5.27. The van der Waals surface area contributed by atoms with Crippen molar-refractivity contribution in [2.75, 3.05) is 7.11 Å². The fourth-order valence-corrected chi connectivity index (χ4v) is 2.71. The number of nitrogens with zero attached hydrogens (tertiary/aromatic N) is 5. The zero-order valence-electron chi connectivity index (χ0n) is 12.1. The number of fused-ring (bicyclic) bond motifs is 1. The van der Waals surface area contributed by atoms with E-state index in [2.05, 4.69) is 24.7 Å². The third kappa shape index (κ3) is 2.24. The highest BCUT2D eigenvalue weighted by Crippen LogP contribution is 2.29. The molecule has 0 fully saturated rings. The molecule has 0 spiro atoms. The molecule has 22 heavy (non-hydrogen) atoms. The molecule has 4 heterocycles. The number of ether oxygens (including phenoxy) is 1. The van der Waals surface area contributed by atoms with E-state index >= 15 is 0 Å². The molecule has 0 saturated heterocycles. The van der Waals surface area contributed by atoms with Crippen LogP contribution in [0.1, 0.15) is 24.1 Å². The lowest BCUT2D eigenvalue weighted by molar-refractivity contribution is 0.323. The molecule has 0 aliphatic carbocycles. The summed E-state index contributed by atoms with van der Waals surface area (Å²) < 4.78 is 12.7. The van der Waals surface area contributed by atoms with Crippen LogP contribution < -0.4 is 4.74 Å². The highest BCUT2D eigenvalue weighted by Gasteiger charge is 2.25. The molecule has 0 radical (unpaired) electrons. The molecule has 7 nitrogen and oxygen atoms in total. The Morgan fingerprint density at radius 3 is 3.09 bits per heavy atom. The van der Waals surface area contributed by atoms with Gasteiger partial charge in [0.25, 0.3) is 0 Å². The van der Waals surface area contributed by atoms with E-state index in [-0.39, 0.29) is 5.92 Å². The SMILES string of the molecule is COc1ccc(-c2noc(C3CCn4ccnc4C3)n2)cn1. The zero-order chi connectivity index (χ0) is 14.9. The standard InChI is InChI=1S/C15H15N5O2/c1-21-13-3-2-11(9-17-13)14-18-15(22-19-14)10-4-6-20-7-5-16-12(20)8-10/h2-3,5,7,9-10H,4,6,8H2,1H3. The molecule has 1 atom stereocenters. The molecule has 1 aliphatic heterocycles. The Hall–Kier alpha value is -2.70. The van der Waals surface area contributed by atoms with Crippen molar-refractivity contribution in [3.8, 4) is 17.3 Å². The first-order valence-corrected chi connectivity index (χ1v) is 7.17. The Labute approximate surface area is 127 Å². The summed E-state index contributed by atoms with van der Waals surface area (Å²) in [6, 6.07) is 3.65. The molecular formula is C15H15N5O2. The van der Waals surface area contributed by atoms with Crippen molar-refractivity contribution in [1.82, 2.24) is 24.7 Å². The van der Waals surface area contributed by atoms with E-state index in [0.29, 0.717) is 17.6 Å². The van der Waals surface area contributed by atoms with Gasteiger partial charge in [0.05, 0.1) is 7.11 Å². The van der Waals surface area contributed by atoms with Gasteiger partial charge in [0, 0.05) is 49.1 Å². The van der Waals surface area contributed by atoms with Gasteiger partial charge in [-0.15, -0.1) is 0 Å². The van der Waals surface area contributed by atoms with Gasteiger partial charge in [-0.2, -0.15) is 4.98 Å². The second kappa shape index (κ2) is 5.25. The molecule has 3 aromatic heterocycles. The van der Waals surface area contributed by atoms with Gasteiger partial charge in [-0.3, -0.25) is 0 Å². The average molecular weight is 297 g/mol. The van der Waals surface area contributed by atoms with Gasteiger partial charge in [-0.1, -0.05) is 5.16 Å². The second-order valence-electron chi connectivity index (χ2n) is 5.27. The lowest BCUT2D eigenvalue weighted by Gasteiger charge is -2.19. The largest absolute Gasteiger partial charge is 0.481 e. The van der Waals surface area contributed by atoms with Crippen LogP contribution in [0.4, 0.5) is 0 Å². The summed E-state index contributed by atoms with van der Waals surface area (Å²) in [5.74, 6) is 3.08. The van der Waals surface area contributed by atoms with E-state index in [1.165, 1.54) is 0 Å². The van der Waals surface area contributed by atoms with Crippen molar-refractivity contribution in [2.45, 2.75) is 25.3 Å². The number of hydrogen-bond donors (Lipinski definition) is 0. The van der Waals surface area contributed by atoms with Crippen LogP contribution in [0, 0.1) is 0 Å². The normalized spacial score (nSPS) is 17.2. The zero-order valence-corrected chi connectivity index (χ0v) is 12.1. The topological polar surface area (TPSA) is 78.9 Å². The molecule has 1 unspecified atom stereocenters. The summed E-state index contributed by atoms with van der Waals surface area (Å²) in [4.78, 5) is 13.0. The van der Waals surface area contributed by atoms with E-state index < -0.39 is 0 Å². The van der Waals surface area contributed by atoms with Gasteiger partial charge < -0.3 is 13.8 Å². The highest BCUT2D eigenvalue weighted by atomic mass is 16.5. The molecule has 0 aromatic carbocycles. The fraction of sp³-hybridized carbons (Fsp3) is 0.333. The molecule has 7 heteroatoms. The van der Waals surface area contributed by atoms with E-state index in [1.54, 1.807) is 19.4 Å². The number of hydrogen-bond acceptors (Lipinski definition) is 6. The molecule has 0 bridgehead atoms.